The third kappa shape index (κ3) is 6.43. The van der Waals surface area contributed by atoms with E-state index in [1.165, 1.54) is 20.5 Å². The van der Waals surface area contributed by atoms with E-state index in [2.05, 4.69) is 20.4 Å². The minimum atomic E-state index is -4.54. The molecule has 1 amide bonds. The van der Waals surface area contributed by atoms with E-state index in [1.54, 1.807) is 11.8 Å². The first kappa shape index (κ1) is 24.1. The van der Waals surface area contributed by atoms with Crippen molar-refractivity contribution < 1.29 is 18.0 Å². The van der Waals surface area contributed by atoms with Gasteiger partial charge in [-0.3, -0.25) is 4.79 Å². The van der Waals surface area contributed by atoms with Gasteiger partial charge in [-0.05, 0) is 19.8 Å². The Balaban J connectivity index is 0. The van der Waals surface area contributed by atoms with Crippen molar-refractivity contribution in [2.24, 2.45) is 5.41 Å². The van der Waals surface area contributed by atoms with Gasteiger partial charge in [-0.15, -0.1) is 0 Å². The van der Waals surface area contributed by atoms with Gasteiger partial charge in [0.15, 0.2) is 5.41 Å². The molecule has 1 rings (SSSR count). The Bertz CT molecular complexity index is 367. The topological polar surface area (TPSA) is 23.6 Å². The molecule has 0 N–H and O–H groups in total. The van der Waals surface area contributed by atoms with E-state index in [9.17, 15) is 18.0 Å². The van der Waals surface area contributed by atoms with Crippen molar-refractivity contribution in [3.05, 3.63) is 12.3 Å². The number of piperidine rings is 1. The molecule has 6 heteroatoms. The molecule has 3 nitrogen and oxygen atoms in total. The molecule has 1 aliphatic heterocycles. The van der Waals surface area contributed by atoms with Gasteiger partial charge in [-0.25, -0.2) is 0 Å². The summed E-state index contributed by atoms with van der Waals surface area (Å²) in [6.45, 7) is 13.8. The first-order valence-corrected chi connectivity index (χ1v) is 8.22. The molecule has 0 aromatic carbocycles. The fraction of sp³-hybridized carbons (Fsp3) is 0.824. The van der Waals surface area contributed by atoms with Gasteiger partial charge in [0.05, 0.1) is 0 Å². The molecule has 0 radical (unpaired) electrons. The predicted octanol–water partition coefficient (Wildman–Crippen LogP) is 4.70. The lowest BCUT2D eigenvalue weighted by Gasteiger charge is -2.44. The number of likely N-dealkylation sites (tertiary alicyclic amines) is 1. The van der Waals surface area contributed by atoms with Crippen LogP contribution in [0.25, 0.3) is 0 Å². The number of hydrogen-bond donors (Lipinski definition) is 0. The van der Waals surface area contributed by atoms with E-state index in [4.69, 9.17) is 0 Å². The summed E-state index contributed by atoms with van der Waals surface area (Å²) in [6.07, 6.45) is -3.11. The zero-order valence-electron chi connectivity index (χ0n) is 15.7. The van der Waals surface area contributed by atoms with Crippen molar-refractivity contribution in [3.8, 4) is 0 Å². The lowest BCUT2D eigenvalue weighted by molar-refractivity contribution is -0.236. The summed E-state index contributed by atoms with van der Waals surface area (Å²) >= 11 is 0. The molecule has 0 aromatic heterocycles. The van der Waals surface area contributed by atoms with Crippen LogP contribution < -0.4 is 0 Å². The minimum Gasteiger partial charge on any atom is -0.374 e. The van der Waals surface area contributed by atoms with E-state index in [1.807, 2.05) is 13.8 Å². The second-order valence-electron chi connectivity index (χ2n) is 5.75. The van der Waals surface area contributed by atoms with Crippen LogP contribution in [0, 0.1) is 5.41 Å². The van der Waals surface area contributed by atoms with Crippen molar-refractivity contribution in [3.63, 3.8) is 0 Å². The van der Waals surface area contributed by atoms with Crippen molar-refractivity contribution in [2.75, 3.05) is 27.2 Å². The molecule has 1 fully saturated rings. The van der Waals surface area contributed by atoms with Crippen molar-refractivity contribution in [1.29, 1.82) is 0 Å². The molecule has 138 valence electrons. The standard InChI is InChI=1S/C12H19F3N2O.C3H8.C2H6/c1-9(2)17-7-5-6-11(8-17,12(13,14)15)10(18)16(3)4;1-3-2;1-2/h1,5-8H2,2-4H3;3H2,1-2H3;1-2H3. The molecule has 1 unspecified atom stereocenters. The smallest absolute Gasteiger partial charge is 0.374 e. The third-order valence-corrected chi connectivity index (χ3v) is 3.39. The highest BCUT2D eigenvalue weighted by molar-refractivity contribution is 5.83. The van der Waals surface area contributed by atoms with E-state index in [-0.39, 0.29) is 13.0 Å². The maximum Gasteiger partial charge on any atom is 0.404 e. The van der Waals surface area contributed by atoms with Crippen LogP contribution in [0.15, 0.2) is 12.3 Å². The summed E-state index contributed by atoms with van der Waals surface area (Å²) in [5.41, 5.74) is -1.73. The first-order chi connectivity index (χ1) is 10.5. The van der Waals surface area contributed by atoms with E-state index >= 15 is 0 Å². The predicted molar refractivity (Wildman–Crippen MR) is 90.1 cm³/mol. The van der Waals surface area contributed by atoms with Crippen LogP contribution in [0.3, 0.4) is 0 Å². The van der Waals surface area contributed by atoms with Crippen LogP contribution in [0.5, 0.6) is 0 Å². The van der Waals surface area contributed by atoms with Crippen LogP contribution in [0.1, 0.15) is 53.9 Å². The van der Waals surface area contributed by atoms with E-state index in [0.29, 0.717) is 18.7 Å². The van der Waals surface area contributed by atoms with Crippen molar-refractivity contribution in [1.82, 2.24) is 9.80 Å². The average Bonchev–Trinajstić information content (AvgIpc) is 2.48. The van der Waals surface area contributed by atoms with Gasteiger partial charge in [0.25, 0.3) is 0 Å². The second kappa shape index (κ2) is 10.6. The number of halogens is 3. The average molecular weight is 338 g/mol. The Morgan fingerprint density at radius 2 is 1.70 bits per heavy atom. The summed E-state index contributed by atoms with van der Waals surface area (Å²) < 4.78 is 40.0. The molecule has 1 aliphatic rings. The third-order valence-electron chi connectivity index (χ3n) is 3.39. The molecule has 23 heavy (non-hydrogen) atoms. The first-order valence-electron chi connectivity index (χ1n) is 8.22. The molecule has 0 aliphatic carbocycles. The molecular formula is C17H33F3N2O. The van der Waals surface area contributed by atoms with Crippen LogP contribution >= 0.6 is 0 Å². The summed E-state index contributed by atoms with van der Waals surface area (Å²) in [5.74, 6) is -0.874. The quantitative estimate of drug-likeness (QED) is 0.729. The Morgan fingerprint density at radius 1 is 1.26 bits per heavy atom. The largest absolute Gasteiger partial charge is 0.404 e. The molecule has 1 saturated heterocycles. The van der Waals surface area contributed by atoms with Gasteiger partial charge in [0.2, 0.25) is 5.91 Å². The lowest BCUT2D eigenvalue weighted by atomic mass is 9.77. The number of amides is 1. The summed E-state index contributed by atoms with van der Waals surface area (Å²) in [6, 6.07) is 0. The second-order valence-corrected chi connectivity index (χ2v) is 5.75. The Labute approximate surface area is 139 Å². The Hall–Kier alpha value is -1.20. The van der Waals surface area contributed by atoms with Crippen LogP contribution in [-0.2, 0) is 4.79 Å². The van der Waals surface area contributed by atoms with Gasteiger partial charge in [-0.2, -0.15) is 13.2 Å². The number of nitrogens with zero attached hydrogens (tertiary/aromatic N) is 2. The number of allylic oxidation sites excluding steroid dienone is 1. The monoisotopic (exact) mass is 338 g/mol. The van der Waals surface area contributed by atoms with E-state index in [0.717, 1.165) is 4.90 Å². The number of alkyl halides is 3. The zero-order valence-corrected chi connectivity index (χ0v) is 15.7. The van der Waals surface area contributed by atoms with Gasteiger partial charge in [0, 0.05) is 32.9 Å². The van der Waals surface area contributed by atoms with E-state index < -0.39 is 17.5 Å². The maximum atomic E-state index is 13.3. The highest BCUT2D eigenvalue weighted by atomic mass is 19.4. The highest BCUT2D eigenvalue weighted by Crippen LogP contribution is 2.46. The fourth-order valence-corrected chi connectivity index (χ4v) is 2.34. The Kier molecular flexibility index (Phi) is 11.0. The molecule has 0 aromatic rings. The molecule has 0 bridgehead atoms. The number of carbonyl (C=O) groups excluding carboxylic acids is 1. The van der Waals surface area contributed by atoms with Crippen molar-refractivity contribution in [2.45, 2.75) is 60.1 Å². The van der Waals surface area contributed by atoms with Crippen molar-refractivity contribution >= 4 is 5.91 Å². The highest BCUT2D eigenvalue weighted by Gasteiger charge is 2.62. The number of rotatable bonds is 2. The maximum absolute atomic E-state index is 13.3. The molecular weight excluding hydrogens is 305 g/mol. The summed E-state index contributed by atoms with van der Waals surface area (Å²) in [4.78, 5) is 14.5. The van der Waals surface area contributed by atoms with Crippen LogP contribution in [-0.4, -0.2) is 49.1 Å². The number of hydrogen-bond acceptors (Lipinski definition) is 2. The SMILES string of the molecule is C=C(C)N1CCCC(C(=O)N(C)C)(C(F)(F)F)C1.CC.CCC. The normalized spacial score (nSPS) is 20.5. The van der Waals surface area contributed by atoms with Crippen LogP contribution in [0.2, 0.25) is 0 Å². The number of carbonyl (C=O) groups is 1. The van der Waals surface area contributed by atoms with Crippen LogP contribution in [0.4, 0.5) is 13.2 Å². The van der Waals surface area contributed by atoms with Gasteiger partial charge in [-0.1, -0.05) is 40.7 Å². The minimum absolute atomic E-state index is 0.155. The fourth-order valence-electron chi connectivity index (χ4n) is 2.34. The van der Waals surface area contributed by atoms with Gasteiger partial charge in [0.1, 0.15) is 0 Å². The Morgan fingerprint density at radius 3 is 2.00 bits per heavy atom. The lowest BCUT2D eigenvalue weighted by Crippen LogP contribution is -2.58. The molecule has 0 saturated carbocycles. The van der Waals surface area contributed by atoms with Gasteiger partial charge >= 0.3 is 6.18 Å². The molecule has 0 spiro atoms. The molecule has 1 heterocycles. The van der Waals surface area contributed by atoms with Gasteiger partial charge < -0.3 is 9.80 Å². The summed E-state index contributed by atoms with van der Waals surface area (Å²) in [7, 11) is 2.71. The molecule has 1 atom stereocenters. The summed E-state index contributed by atoms with van der Waals surface area (Å²) in [5, 5.41) is 0. The zero-order chi connectivity index (χ0) is 18.8.